The van der Waals surface area contributed by atoms with Gasteiger partial charge >= 0.3 is 0 Å². The number of hydrogen-bond acceptors (Lipinski definition) is 4. The summed E-state index contributed by atoms with van der Waals surface area (Å²) in [4.78, 5) is 3.24. The van der Waals surface area contributed by atoms with Gasteiger partial charge in [-0.2, -0.15) is 5.26 Å². The Morgan fingerprint density at radius 2 is 2.57 bits per heavy atom. The van der Waals surface area contributed by atoms with Gasteiger partial charge in [-0.15, -0.1) is 10.8 Å². The van der Waals surface area contributed by atoms with Gasteiger partial charge in [-0.05, 0) is 11.9 Å². The Morgan fingerprint density at radius 3 is 2.71 bits per heavy atom. The fourth-order valence-corrected chi connectivity index (χ4v) is 0.177. The van der Waals surface area contributed by atoms with Gasteiger partial charge in [-0.25, -0.2) is 0 Å². The highest BCUT2D eigenvalue weighted by molar-refractivity contribution is 4.08. The highest BCUT2D eigenvalue weighted by Gasteiger charge is 1.86. The Morgan fingerprint density at radius 1 is 2.00 bits per heavy atom. The number of hydrogen-bond donors (Lipinski definition) is 3. The van der Waals surface area contributed by atoms with Crippen molar-refractivity contribution in [1.82, 2.24) is 5.43 Å². The summed E-state index contributed by atoms with van der Waals surface area (Å²) in [5.41, 5.74) is 2.18. The highest BCUT2D eigenvalue weighted by Crippen LogP contribution is 1.37. The molecule has 0 aliphatic rings. The van der Waals surface area contributed by atoms with Gasteiger partial charge in [-0.3, -0.25) is 0 Å². The molecule has 44 valence electrons. The maximum absolute atomic E-state index is 9.83. The van der Waals surface area contributed by atoms with E-state index in [4.69, 9.17) is 5.26 Å². The normalized spacial score (nSPS) is 14.1. The third-order valence-corrected chi connectivity index (χ3v) is 0.404. The molecule has 0 amide bonds. The molecule has 0 fully saturated rings. The molecule has 0 aromatic heterocycles. The first-order valence-corrected chi connectivity index (χ1v) is 1.90. The number of quaternary nitrogens is 1. The third-order valence-electron chi connectivity index (χ3n) is 0.404. The van der Waals surface area contributed by atoms with Crippen molar-refractivity contribution in [2.75, 3.05) is 6.54 Å². The van der Waals surface area contributed by atoms with Crippen LogP contribution in [0.25, 0.3) is 0 Å². The van der Waals surface area contributed by atoms with Crippen molar-refractivity contribution in [1.29, 1.82) is 0 Å². The standard InChI is InChI=1S/C2H8N2O3/c1-2-3-4(5)7-6/h3-4,6H,2H2,1H3. The first-order chi connectivity index (χ1) is 3.31. The predicted molar refractivity (Wildman–Crippen MR) is 21.7 cm³/mol. The van der Waals surface area contributed by atoms with Crippen LogP contribution in [-0.2, 0) is 4.99 Å². The summed E-state index contributed by atoms with van der Waals surface area (Å²) in [5.74, 6) is 0. The van der Waals surface area contributed by atoms with Crippen LogP contribution in [0.15, 0.2) is 0 Å². The summed E-state index contributed by atoms with van der Waals surface area (Å²) < 4.78 is 0. The lowest BCUT2D eigenvalue weighted by molar-refractivity contribution is -1.14. The van der Waals surface area contributed by atoms with E-state index >= 15 is 0 Å². The molecule has 0 aromatic carbocycles. The van der Waals surface area contributed by atoms with Crippen molar-refractivity contribution in [3.63, 3.8) is 0 Å². The summed E-state index contributed by atoms with van der Waals surface area (Å²) in [7, 11) is 0. The van der Waals surface area contributed by atoms with Crippen LogP contribution in [0, 0.1) is 5.21 Å². The van der Waals surface area contributed by atoms with E-state index in [0.29, 0.717) is 6.54 Å². The lowest BCUT2D eigenvalue weighted by Gasteiger charge is -2.12. The smallest absolute Gasteiger partial charge is 0.0454 e. The largest absolute Gasteiger partial charge is 0.577 e. The lowest BCUT2D eigenvalue weighted by atomic mass is 10.8. The second kappa shape index (κ2) is 3.97. The van der Waals surface area contributed by atoms with Crippen molar-refractivity contribution in [3.05, 3.63) is 5.21 Å². The van der Waals surface area contributed by atoms with Crippen molar-refractivity contribution in [2.24, 2.45) is 0 Å². The second-order valence-electron chi connectivity index (χ2n) is 0.909. The summed E-state index contributed by atoms with van der Waals surface area (Å²) in [5, 5.41) is 16.6. The fraction of sp³-hybridized carbons (Fsp3) is 1.00. The topological polar surface area (TPSA) is 69.0 Å². The van der Waals surface area contributed by atoms with Crippen LogP contribution in [0.2, 0.25) is 0 Å². The minimum Gasteiger partial charge on any atom is -0.577 e. The molecule has 0 saturated carbocycles. The maximum Gasteiger partial charge on any atom is 0.0454 e. The van der Waals surface area contributed by atoms with Gasteiger partial charge in [-0.1, -0.05) is 0 Å². The van der Waals surface area contributed by atoms with Gasteiger partial charge in [0.1, 0.15) is 0 Å². The van der Waals surface area contributed by atoms with Crippen molar-refractivity contribution in [2.45, 2.75) is 6.92 Å². The first kappa shape index (κ1) is 6.80. The molecule has 5 heteroatoms. The Bertz CT molecular complexity index is 41.9. The molecule has 0 aliphatic heterocycles. The van der Waals surface area contributed by atoms with Crippen LogP contribution in [0.3, 0.4) is 0 Å². The Balaban J connectivity index is 2.83. The lowest BCUT2D eigenvalue weighted by Crippen LogP contribution is -3.13. The van der Waals surface area contributed by atoms with E-state index in [1.54, 1.807) is 6.92 Å². The number of rotatable bonds is 3. The fourth-order valence-electron chi connectivity index (χ4n) is 0.177. The Hall–Kier alpha value is -0.200. The minimum absolute atomic E-state index is 0.458. The quantitative estimate of drug-likeness (QED) is 0.297. The molecule has 0 saturated heterocycles. The van der Waals surface area contributed by atoms with Gasteiger partial charge < -0.3 is 5.21 Å². The molecule has 0 spiro atoms. The maximum atomic E-state index is 9.83. The van der Waals surface area contributed by atoms with Gasteiger partial charge in [0.15, 0.2) is 0 Å². The van der Waals surface area contributed by atoms with E-state index in [1.807, 2.05) is 0 Å². The molecule has 0 aromatic rings. The molecule has 7 heavy (non-hydrogen) atoms. The van der Waals surface area contributed by atoms with Crippen LogP contribution >= 0.6 is 0 Å². The van der Waals surface area contributed by atoms with Gasteiger partial charge in [0.25, 0.3) is 0 Å². The van der Waals surface area contributed by atoms with Gasteiger partial charge in [0.2, 0.25) is 0 Å². The monoisotopic (exact) mass is 108 g/mol. The van der Waals surface area contributed by atoms with Crippen LogP contribution in [-0.4, -0.2) is 11.8 Å². The Kier molecular flexibility index (Phi) is 3.86. The molecular formula is C2H8N2O3. The molecule has 0 rings (SSSR count). The predicted octanol–water partition coefficient (Wildman–Crippen LogP) is -1.70. The van der Waals surface area contributed by atoms with E-state index in [0.717, 1.165) is 0 Å². The SMILES string of the molecule is CCN[NH+]([O-])OO. The van der Waals surface area contributed by atoms with Crippen molar-refractivity contribution in [3.8, 4) is 0 Å². The van der Waals surface area contributed by atoms with Crippen LogP contribution in [0.5, 0.6) is 0 Å². The van der Waals surface area contributed by atoms with Gasteiger partial charge in [0.05, 0.1) is 0 Å². The molecule has 0 heterocycles. The molecule has 1 unspecified atom stereocenters. The summed E-state index contributed by atoms with van der Waals surface area (Å²) in [6, 6.07) is 0. The minimum atomic E-state index is -0.817. The second-order valence-corrected chi connectivity index (χ2v) is 0.909. The molecule has 1 atom stereocenters. The summed E-state index contributed by atoms with van der Waals surface area (Å²) in [6.07, 6.45) is 0. The van der Waals surface area contributed by atoms with Crippen molar-refractivity contribution >= 4 is 0 Å². The van der Waals surface area contributed by atoms with Gasteiger partial charge in [0, 0.05) is 6.54 Å². The van der Waals surface area contributed by atoms with Crippen LogP contribution in [0.4, 0.5) is 0 Å². The molecule has 0 radical (unpaired) electrons. The van der Waals surface area contributed by atoms with E-state index in [1.165, 1.54) is 0 Å². The summed E-state index contributed by atoms with van der Waals surface area (Å²) >= 11 is 0. The molecule has 0 bridgehead atoms. The molecular weight excluding hydrogens is 100 g/mol. The van der Waals surface area contributed by atoms with Crippen LogP contribution in [0.1, 0.15) is 6.92 Å². The van der Waals surface area contributed by atoms with E-state index < -0.39 is 5.34 Å². The molecule has 0 aliphatic carbocycles. The highest BCUT2D eigenvalue weighted by atomic mass is 17.3. The Labute approximate surface area is 40.9 Å². The van der Waals surface area contributed by atoms with E-state index in [2.05, 4.69) is 10.4 Å². The number of nitrogens with one attached hydrogen (secondary N) is 2. The third kappa shape index (κ3) is 3.64. The zero-order valence-corrected chi connectivity index (χ0v) is 3.97. The average Bonchev–Trinajstić information content (AvgIpc) is 1.68. The van der Waals surface area contributed by atoms with Crippen molar-refractivity contribution < 1.29 is 15.6 Å². The molecule has 5 nitrogen and oxygen atoms in total. The van der Waals surface area contributed by atoms with E-state index in [-0.39, 0.29) is 0 Å². The zero-order valence-electron chi connectivity index (χ0n) is 3.97. The zero-order chi connectivity index (χ0) is 5.70. The van der Waals surface area contributed by atoms with E-state index in [9.17, 15) is 5.21 Å². The van der Waals surface area contributed by atoms with Crippen LogP contribution < -0.4 is 10.8 Å². The summed E-state index contributed by atoms with van der Waals surface area (Å²) in [6.45, 7) is 2.18. The molecule has 3 N–H and O–H groups in total. The first-order valence-electron chi connectivity index (χ1n) is 1.90. The average molecular weight is 108 g/mol.